The lowest BCUT2D eigenvalue weighted by Gasteiger charge is -2.23. The number of ether oxygens (including phenoxy) is 3. The Morgan fingerprint density at radius 2 is 2.04 bits per heavy atom. The van der Waals surface area contributed by atoms with Crippen LogP contribution in [0.3, 0.4) is 0 Å². The van der Waals surface area contributed by atoms with Crippen LogP contribution in [0.15, 0.2) is 29.3 Å². The van der Waals surface area contributed by atoms with Crippen LogP contribution in [0.5, 0.6) is 5.75 Å². The van der Waals surface area contributed by atoms with Crippen molar-refractivity contribution in [1.82, 2.24) is 10.2 Å². The molecule has 0 saturated carbocycles. The smallest absolute Gasteiger partial charge is 0.193 e. The number of aryl methyl sites for hydroxylation is 1. The molecule has 6 heteroatoms. The fraction of sp³-hybridized carbons (Fsp3) is 0.667. The van der Waals surface area contributed by atoms with Crippen molar-refractivity contribution < 1.29 is 14.2 Å². The van der Waals surface area contributed by atoms with E-state index in [2.05, 4.69) is 28.2 Å². The largest absolute Gasteiger partial charge is 0.491 e. The standard InChI is InChI=1S/C21H35N3O3/c1-18-7-4-5-8-20(18)27-16-12-24(3)21(22-2)23-11-6-13-26-17-19-9-14-25-15-10-19/h4-5,7-8,19H,6,9-17H2,1-3H3,(H,22,23). The first-order valence-corrected chi connectivity index (χ1v) is 9.96. The van der Waals surface area contributed by atoms with Crippen molar-refractivity contribution in [3.8, 4) is 5.75 Å². The molecule has 0 spiro atoms. The van der Waals surface area contributed by atoms with Crippen LogP contribution in [0.1, 0.15) is 24.8 Å². The van der Waals surface area contributed by atoms with E-state index in [9.17, 15) is 0 Å². The van der Waals surface area contributed by atoms with Crippen LogP contribution in [0.4, 0.5) is 0 Å². The molecule has 27 heavy (non-hydrogen) atoms. The molecule has 152 valence electrons. The SMILES string of the molecule is CN=C(NCCCOCC1CCOCC1)N(C)CCOc1ccccc1C. The molecule has 2 rings (SSSR count). The second kappa shape index (κ2) is 12.6. The van der Waals surface area contributed by atoms with Gasteiger partial charge in [-0.15, -0.1) is 0 Å². The van der Waals surface area contributed by atoms with Gasteiger partial charge in [0.25, 0.3) is 0 Å². The molecule has 1 aromatic rings. The van der Waals surface area contributed by atoms with Gasteiger partial charge in [-0.3, -0.25) is 4.99 Å². The lowest BCUT2D eigenvalue weighted by Crippen LogP contribution is -2.41. The Morgan fingerprint density at radius 3 is 2.78 bits per heavy atom. The molecule has 1 fully saturated rings. The number of rotatable bonds is 10. The van der Waals surface area contributed by atoms with Gasteiger partial charge in [0.2, 0.25) is 0 Å². The van der Waals surface area contributed by atoms with Crippen molar-refractivity contribution in [2.75, 3.05) is 60.2 Å². The molecule has 1 aromatic carbocycles. The van der Waals surface area contributed by atoms with Crippen LogP contribution in [0, 0.1) is 12.8 Å². The maximum atomic E-state index is 5.86. The minimum atomic E-state index is 0.621. The van der Waals surface area contributed by atoms with Gasteiger partial charge < -0.3 is 24.4 Å². The van der Waals surface area contributed by atoms with Gasteiger partial charge in [0.1, 0.15) is 12.4 Å². The highest BCUT2D eigenvalue weighted by atomic mass is 16.5. The monoisotopic (exact) mass is 377 g/mol. The predicted octanol–water partition coefficient (Wildman–Crippen LogP) is 2.71. The number of nitrogens with one attached hydrogen (secondary N) is 1. The molecular formula is C21H35N3O3. The van der Waals surface area contributed by atoms with Crippen molar-refractivity contribution in [2.24, 2.45) is 10.9 Å². The van der Waals surface area contributed by atoms with Crippen molar-refractivity contribution in [3.05, 3.63) is 29.8 Å². The van der Waals surface area contributed by atoms with E-state index in [1.165, 1.54) is 0 Å². The topological polar surface area (TPSA) is 55.3 Å². The van der Waals surface area contributed by atoms with E-state index >= 15 is 0 Å². The first-order chi connectivity index (χ1) is 13.2. The highest BCUT2D eigenvalue weighted by Crippen LogP contribution is 2.16. The van der Waals surface area contributed by atoms with E-state index < -0.39 is 0 Å². The zero-order chi connectivity index (χ0) is 19.3. The molecule has 0 aromatic heterocycles. The predicted molar refractivity (Wildman–Crippen MR) is 110 cm³/mol. The van der Waals surface area contributed by atoms with Gasteiger partial charge in [0.15, 0.2) is 5.96 Å². The van der Waals surface area contributed by atoms with E-state index in [1.807, 2.05) is 32.3 Å². The second-order valence-corrected chi connectivity index (χ2v) is 6.99. The molecule has 0 radical (unpaired) electrons. The summed E-state index contributed by atoms with van der Waals surface area (Å²) >= 11 is 0. The molecule has 1 saturated heterocycles. The Hall–Kier alpha value is -1.79. The number of benzene rings is 1. The van der Waals surface area contributed by atoms with Crippen LogP contribution >= 0.6 is 0 Å². The highest BCUT2D eigenvalue weighted by Gasteiger charge is 2.13. The van der Waals surface area contributed by atoms with E-state index in [1.54, 1.807) is 0 Å². The Kier molecular flexibility index (Phi) is 10.0. The molecule has 1 heterocycles. The highest BCUT2D eigenvalue weighted by molar-refractivity contribution is 5.79. The maximum absolute atomic E-state index is 5.86. The Labute approximate surface area is 163 Å². The summed E-state index contributed by atoms with van der Waals surface area (Å²) in [5, 5.41) is 3.39. The number of aliphatic imine (C=N–C) groups is 1. The molecule has 0 atom stereocenters. The average molecular weight is 378 g/mol. The van der Waals surface area contributed by atoms with Crippen molar-refractivity contribution in [2.45, 2.75) is 26.2 Å². The van der Waals surface area contributed by atoms with Gasteiger partial charge >= 0.3 is 0 Å². The quantitative estimate of drug-likeness (QED) is 0.386. The fourth-order valence-electron chi connectivity index (χ4n) is 3.04. The zero-order valence-corrected chi connectivity index (χ0v) is 17.1. The minimum absolute atomic E-state index is 0.621. The Balaban J connectivity index is 1.55. The van der Waals surface area contributed by atoms with Crippen molar-refractivity contribution in [3.63, 3.8) is 0 Å². The van der Waals surface area contributed by atoms with Gasteiger partial charge in [0, 0.05) is 47.1 Å². The maximum Gasteiger partial charge on any atom is 0.193 e. The van der Waals surface area contributed by atoms with Gasteiger partial charge in [-0.1, -0.05) is 18.2 Å². The zero-order valence-electron chi connectivity index (χ0n) is 17.1. The molecule has 0 amide bonds. The molecule has 1 aliphatic rings. The summed E-state index contributed by atoms with van der Waals surface area (Å²) in [7, 11) is 3.83. The summed E-state index contributed by atoms with van der Waals surface area (Å²) in [6, 6.07) is 8.08. The summed E-state index contributed by atoms with van der Waals surface area (Å²) in [6.07, 6.45) is 3.22. The summed E-state index contributed by atoms with van der Waals surface area (Å²) in [5.74, 6) is 2.49. The van der Waals surface area contributed by atoms with Crippen molar-refractivity contribution in [1.29, 1.82) is 0 Å². The van der Waals surface area contributed by atoms with Crippen LogP contribution in [0.2, 0.25) is 0 Å². The number of guanidine groups is 1. The molecule has 1 N–H and O–H groups in total. The van der Waals surface area contributed by atoms with E-state index in [4.69, 9.17) is 14.2 Å². The molecule has 0 aliphatic carbocycles. The number of hydrogen-bond donors (Lipinski definition) is 1. The Morgan fingerprint density at radius 1 is 1.26 bits per heavy atom. The second-order valence-electron chi connectivity index (χ2n) is 6.99. The normalized spacial score (nSPS) is 15.6. The first-order valence-electron chi connectivity index (χ1n) is 9.96. The lowest BCUT2D eigenvalue weighted by molar-refractivity contribution is 0.0203. The lowest BCUT2D eigenvalue weighted by atomic mass is 10.0. The van der Waals surface area contributed by atoms with E-state index in [-0.39, 0.29) is 0 Å². The number of hydrogen-bond acceptors (Lipinski definition) is 4. The third-order valence-corrected chi connectivity index (χ3v) is 4.79. The third kappa shape index (κ3) is 8.18. The summed E-state index contributed by atoms with van der Waals surface area (Å²) in [4.78, 5) is 6.43. The average Bonchev–Trinajstić information content (AvgIpc) is 2.69. The fourth-order valence-corrected chi connectivity index (χ4v) is 3.04. The van der Waals surface area contributed by atoms with Crippen LogP contribution in [-0.2, 0) is 9.47 Å². The molecule has 1 aliphatic heterocycles. The number of nitrogens with zero attached hydrogens (tertiary/aromatic N) is 2. The molecule has 0 bridgehead atoms. The van der Waals surface area contributed by atoms with Gasteiger partial charge in [0.05, 0.1) is 6.54 Å². The summed E-state index contributed by atoms with van der Waals surface area (Å²) in [5.41, 5.74) is 1.16. The van der Waals surface area contributed by atoms with Crippen LogP contribution in [0.25, 0.3) is 0 Å². The number of likely N-dealkylation sites (N-methyl/N-ethyl adjacent to an activating group) is 1. The van der Waals surface area contributed by atoms with Crippen molar-refractivity contribution >= 4 is 5.96 Å². The van der Waals surface area contributed by atoms with Gasteiger partial charge in [-0.05, 0) is 43.7 Å². The summed E-state index contributed by atoms with van der Waals surface area (Å²) < 4.78 is 17.0. The van der Waals surface area contributed by atoms with Gasteiger partial charge in [-0.2, -0.15) is 0 Å². The minimum Gasteiger partial charge on any atom is -0.491 e. The third-order valence-electron chi connectivity index (χ3n) is 4.79. The summed E-state index contributed by atoms with van der Waals surface area (Å²) in [6.45, 7) is 7.70. The van der Waals surface area contributed by atoms with Crippen LogP contribution in [-0.4, -0.2) is 71.1 Å². The van der Waals surface area contributed by atoms with E-state index in [0.29, 0.717) is 12.5 Å². The van der Waals surface area contributed by atoms with E-state index in [0.717, 1.165) is 76.1 Å². The van der Waals surface area contributed by atoms with Crippen LogP contribution < -0.4 is 10.1 Å². The first kappa shape index (κ1) is 21.5. The molecule has 6 nitrogen and oxygen atoms in total. The number of para-hydroxylation sites is 1. The molecular weight excluding hydrogens is 342 g/mol. The van der Waals surface area contributed by atoms with Gasteiger partial charge in [-0.25, -0.2) is 0 Å². The Bertz CT molecular complexity index is 559. The molecule has 0 unspecified atom stereocenters.